The summed E-state index contributed by atoms with van der Waals surface area (Å²) in [4.78, 5) is 24.6. The summed E-state index contributed by atoms with van der Waals surface area (Å²) < 4.78 is 1.91. The fraction of sp³-hybridized carbons (Fsp3) is 0.357. The quantitative estimate of drug-likeness (QED) is 0.901. The van der Waals surface area contributed by atoms with Crippen LogP contribution in [0, 0.1) is 0 Å². The molecule has 0 aliphatic carbocycles. The van der Waals surface area contributed by atoms with E-state index in [2.05, 4.69) is 15.7 Å². The van der Waals surface area contributed by atoms with E-state index in [1.165, 1.54) is 11.3 Å². The van der Waals surface area contributed by atoms with E-state index >= 15 is 0 Å². The monoisotopic (exact) mass is 304 g/mol. The van der Waals surface area contributed by atoms with Crippen molar-refractivity contribution in [3.63, 3.8) is 0 Å². The van der Waals surface area contributed by atoms with Crippen molar-refractivity contribution in [2.24, 2.45) is 0 Å². The Hall–Kier alpha value is -2.15. The fourth-order valence-corrected chi connectivity index (χ4v) is 2.92. The molecule has 3 rings (SSSR count). The van der Waals surface area contributed by atoms with Gasteiger partial charge in [-0.25, -0.2) is 0 Å². The average Bonchev–Trinajstić information content (AvgIpc) is 3.14. The molecule has 0 aromatic carbocycles. The first-order valence-corrected chi connectivity index (χ1v) is 7.73. The molecule has 2 aromatic rings. The van der Waals surface area contributed by atoms with Crippen LogP contribution in [0.1, 0.15) is 28.7 Å². The minimum atomic E-state index is -0.615. The predicted molar refractivity (Wildman–Crippen MR) is 80.4 cm³/mol. The number of aryl methyl sites for hydroxylation is 2. The van der Waals surface area contributed by atoms with Crippen molar-refractivity contribution in [3.05, 3.63) is 34.2 Å². The zero-order valence-electron chi connectivity index (χ0n) is 11.6. The van der Waals surface area contributed by atoms with Crippen LogP contribution in [0.4, 0.5) is 5.82 Å². The minimum absolute atomic E-state index is 0.236. The predicted octanol–water partition coefficient (Wildman–Crippen LogP) is 1.65. The highest BCUT2D eigenvalue weighted by Crippen LogP contribution is 2.18. The standard InChI is InChI=1S/C14H16N4O2S/c1-9(15-14(20)11-5-3-7-21-11)13(19)16-12-8-10-4-2-6-18(10)17-12/h3,5,7-9H,2,4,6H2,1H3,(H,15,20)(H,16,17,19). The van der Waals surface area contributed by atoms with Gasteiger partial charge in [-0.05, 0) is 31.2 Å². The van der Waals surface area contributed by atoms with Crippen LogP contribution < -0.4 is 10.6 Å². The van der Waals surface area contributed by atoms with Gasteiger partial charge in [0.2, 0.25) is 5.91 Å². The van der Waals surface area contributed by atoms with Gasteiger partial charge in [0.05, 0.1) is 4.88 Å². The molecule has 1 atom stereocenters. The summed E-state index contributed by atoms with van der Waals surface area (Å²) in [5.41, 5.74) is 1.14. The smallest absolute Gasteiger partial charge is 0.261 e. The highest BCUT2D eigenvalue weighted by atomic mass is 32.1. The Labute approximate surface area is 126 Å². The third kappa shape index (κ3) is 2.97. The van der Waals surface area contributed by atoms with Crippen molar-refractivity contribution in [1.82, 2.24) is 15.1 Å². The summed E-state index contributed by atoms with van der Waals surface area (Å²) >= 11 is 1.35. The number of hydrogen-bond acceptors (Lipinski definition) is 4. The van der Waals surface area contributed by atoms with E-state index < -0.39 is 6.04 Å². The second kappa shape index (κ2) is 5.69. The summed E-state index contributed by atoms with van der Waals surface area (Å²) in [5.74, 6) is 0.0450. The second-order valence-corrected chi connectivity index (χ2v) is 5.96. The van der Waals surface area contributed by atoms with Gasteiger partial charge >= 0.3 is 0 Å². The Morgan fingerprint density at radius 3 is 3.05 bits per heavy atom. The van der Waals surface area contributed by atoms with Crippen LogP contribution in [-0.2, 0) is 17.8 Å². The fourth-order valence-electron chi connectivity index (χ4n) is 2.30. The number of hydrogen-bond donors (Lipinski definition) is 2. The van der Waals surface area contributed by atoms with E-state index in [0.717, 1.165) is 25.1 Å². The molecule has 7 heteroatoms. The molecule has 0 fully saturated rings. The maximum Gasteiger partial charge on any atom is 0.261 e. The number of carbonyl (C=O) groups excluding carboxylic acids is 2. The lowest BCUT2D eigenvalue weighted by molar-refractivity contribution is -0.117. The molecule has 0 spiro atoms. The molecular formula is C14H16N4O2S. The molecule has 1 aliphatic rings. The Balaban J connectivity index is 1.58. The number of nitrogens with zero attached hydrogens (tertiary/aromatic N) is 2. The number of thiophene rings is 1. The number of amides is 2. The second-order valence-electron chi connectivity index (χ2n) is 5.01. The topological polar surface area (TPSA) is 76.0 Å². The van der Waals surface area contributed by atoms with Gasteiger partial charge in [-0.3, -0.25) is 14.3 Å². The number of nitrogens with one attached hydrogen (secondary N) is 2. The van der Waals surface area contributed by atoms with Crippen LogP contribution in [0.2, 0.25) is 0 Å². The molecule has 0 bridgehead atoms. The van der Waals surface area contributed by atoms with Crippen molar-refractivity contribution in [3.8, 4) is 0 Å². The lowest BCUT2D eigenvalue weighted by Crippen LogP contribution is -2.41. The first kappa shape index (κ1) is 13.8. The lowest BCUT2D eigenvalue weighted by Gasteiger charge is -2.12. The van der Waals surface area contributed by atoms with Gasteiger partial charge in [0.1, 0.15) is 6.04 Å². The summed E-state index contributed by atoms with van der Waals surface area (Å²) in [6.45, 7) is 2.56. The zero-order valence-corrected chi connectivity index (χ0v) is 12.4. The molecule has 21 heavy (non-hydrogen) atoms. The molecule has 6 nitrogen and oxygen atoms in total. The summed E-state index contributed by atoms with van der Waals surface area (Å²) in [5, 5.41) is 11.6. The van der Waals surface area contributed by atoms with E-state index in [0.29, 0.717) is 10.7 Å². The van der Waals surface area contributed by atoms with Crippen molar-refractivity contribution in [2.75, 3.05) is 5.32 Å². The Bertz CT molecular complexity index is 641. The Kier molecular flexibility index (Phi) is 3.74. The van der Waals surface area contributed by atoms with Crippen molar-refractivity contribution >= 4 is 29.0 Å². The van der Waals surface area contributed by atoms with Gasteiger partial charge in [0.25, 0.3) is 5.91 Å². The highest BCUT2D eigenvalue weighted by molar-refractivity contribution is 7.12. The summed E-state index contributed by atoms with van der Waals surface area (Å²) in [6.07, 6.45) is 2.09. The number of carbonyl (C=O) groups is 2. The molecule has 3 heterocycles. The van der Waals surface area contributed by atoms with E-state index in [4.69, 9.17) is 0 Å². The van der Waals surface area contributed by atoms with Crippen LogP contribution >= 0.6 is 11.3 Å². The third-order valence-electron chi connectivity index (χ3n) is 3.40. The van der Waals surface area contributed by atoms with Gasteiger partial charge in [0.15, 0.2) is 5.82 Å². The SMILES string of the molecule is CC(NC(=O)c1cccs1)C(=O)Nc1cc2n(n1)CCC2. The van der Waals surface area contributed by atoms with Crippen molar-refractivity contribution in [1.29, 1.82) is 0 Å². The number of rotatable bonds is 4. The largest absolute Gasteiger partial charge is 0.340 e. The summed E-state index contributed by atoms with van der Waals surface area (Å²) in [6, 6.07) is 4.80. The molecule has 0 radical (unpaired) electrons. The third-order valence-corrected chi connectivity index (χ3v) is 4.27. The van der Waals surface area contributed by atoms with Crippen LogP contribution in [0.15, 0.2) is 23.6 Å². The van der Waals surface area contributed by atoms with Gasteiger partial charge in [-0.2, -0.15) is 5.10 Å². The first-order chi connectivity index (χ1) is 10.1. The molecular weight excluding hydrogens is 288 g/mol. The number of anilines is 1. The summed E-state index contributed by atoms with van der Waals surface area (Å²) in [7, 11) is 0. The van der Waals surface area contributed by atoms with Crippen LogP contribution in [0.5, 0.6) is 0 Å². The molecule has 2 aromatic heterocycles. The lowest BCUT2D eigenvalue weighted by atomic mass is 10.3. The Morgan fingerprint density at radius 1 is 1.48 bits per heavy atom. The molecule has 1 aliphatic heterocycles. The van der Waals surface area contributed by atoms with Crippen molar-refractivity contribution in [2.45, 2.75) is 32.4 Å². The number of fused-ring (bicyclic) bond motifs is 1. The molecule has 110 valence electrons. The molecule has 2 N–H and O–H groups in total. The maximum atomic E-state index is 12.1. The van der Waals surface area contributed by atoms with Crippen LogP contribution in [0.25, 0.3) is 0 Å². The average molecular weight is 304 g/mol. The van der Waals surface area contributed by atoms with Gasteiger partial charge in [-0.1, -0.05) is 6.07 Å². The molecule has 0 saturated heterocycles. The van der Waals surface area contributed by atoms with E-state index in [1.54, 1.807) is 19.1 Å². The van der Waals surface area contributed by atoms with E-state index in [-0.39, 0.29) is 11.8 Å². The van der Waals surface area contributed by atoms with Crippen LogP contribution in [-0.4, -0.2) is 27.6 Å². The minimum Gasteiger partial charge on any atom is -0.340 e. The van der Waals surface area contributed by atoms with Crippen molar-refractivity contribution < 1.29 is 9.59 Å². The maximum absolute atomic E-state index is 12.1. The first-order valence-electron chi connectivity index (χ1n) is 6.85. The normalized spacial score (nSPS) is 14.5. The molecule has 1 unspecified atom stereocenters. The van der Waals surface area contributed by atoms with Gasteiger partial charge < -0.3 is 10.6 Å². The zero-order chi connectivity index (χ0) is 14.8. The van der Waals surface area contributed by atoms with Gasteiger partial charge in [-0.15, -0.1) is 11.3 Å². The van der Waals surface area contributed by atoms with E-state index in [9.17, 15) is 9.59 Å². The Morgan fingerprint density at radius 2 is 2.33 bits per heavy atom. The highest BCUT2D eigenvalue weighted by Gasteiger charge is 2.20. The number of aromatic nitrogens is 2. The van der Waals surface area contributed by atoms with Gasteiger partial charge in [0, 0.05) is 18.3 Å². The van der Waals surface area contributed by atoms with E-state index in [1.807, 2.05) is 16.1 Å². The molecule has 2 amide bonds. The molecule has 0 saturated carbocycles. The van der Waals surface area contributed by atoms with Crippen LogP contribution in [0.3, 0.4) is 0 Å².